The van der Waals surface area contributed by atoms with Crippen LogP contribution in [0.15, 0.2) is 54.7 Å². The van der Waals surface area contributed by atoms with E-state index >= 15 is 0 Å². The number of pyridine rings is 1. The van der Waals surface area contributed by atoms with Crippen LogP contribution in [0.4, 0.5) is 17.5 Å². The smallest absolute Gasteiger partial charge is 0.253 e. The Balaban J connectivity index is 1.35. The first-order valence-electron chi connectivity index (χ1n) is 9.73. The number of rotatable bonds is 4. The van der Waals surface area contributed by atoms with E-state index < -0.39 is 0 Å². The van der Waals surface area contributed by atoms with E-state index in [-0.39, 0.29) is 5.91 Å². The summed E-state index contributed by atoms with van der Waals surface area (Å²) >= 11 is 0. The number of nitrogens with one attached hydrogen (secondary N) is 1. The van der Waals surface area contributed by atoms with E-state index in [9.17, 15) is 4.79 Å². The van der Waals surface area contributed by atoms with Gasteiger partial charge in [-0.05, 0) is 49.7 Å². The molecule has 1 saturated heterocycles. The van der Waals surface area contributed by atoms with Crippen LogP contribution in [0.2, 0.25) is 0 Å². The summed E-state index contributed by atoms with van der Waals surface area (Å²) in [6.07, 6.45) is 1.81. The minimum atomic E-state index is 0.0876. The summed E-state index contributed by atoms with van der Waals surface area (Å²) in [7, 11) is 0. The Kier molecular flexibility index (Phi) is 5.37. The van der Waals surface area contributed by atoms with Gasteiger partial charge in [0.2, 0.25) is 0 Å². The Morgan fingerprint density at radius 3 is 2.34 bits per heavy atom. The fourth-order valence-electron chi connectivity index (χ4n) is 3.33. The fourth-order valence-corrected chi connectivity index (χ4v) is 3.33. The summed E-state index contributed by atoms with van der Waals surface area (Å²) < 4.78 is 0. The zero-order chi connectivity index (χ0) is 20.2. The van der Waals surface area contributed by atoms with E-state index in [1.54, 1.807) is 0 Å². The summed E-state index contributed by atoms with van der Waals surface area (Å²) in [4.78, 5) is 21.1. The second kappa shape index (κ2) is 8.26. The van der Waals surface area contributed by atoms with Gasteiger partial charge in [-0.3, -0.25) is 4.79 Å². The molecule has 0 bridgehead atoms. The Bertz CT molecular complexity index is 979. The molecule has 7 nitrogen and oxygen atoms in total. The molecule has 3 heterocycles. The molecular formula is C22H24N6O. The molecule has 0 saturated carbocycles. The number of hydrogen-bond acceptors (Lipinski definition) is 6. The van der Waals surface area contributed by atoms with Crippen LogP contribution in [0.3, 0.4) is 0 Å². The Morgan fingerprint density at radius 2 is 1.69 bits per heavy atom. The van der Waals surface area contributed by atoms with Crippen molar-refractivity contribution in [3.8, 4) is 0 Å². The molecule has 3 aromatic rings. The lowest BCUT2D eigenvalue weighted by atomic mass is 10.1. The van der Waals surface area contributed by atoms with Gasteiger partial charge < -0.3 is 15.1 Å². The second-order valence-corrected chi connectivity index (χ2v) is 7.27. The van der Waals surface area contributed by atoms with Crippen LogP contribution in [0.25, 0.3) is 0 Å². The lowest BCUT2D eigenvalue weighted by Gasteiger charge is -2.35. The van der Waals surface area contributed by atoms with Crippen molar-refractivity contribution in [3.05, 3.63) is 71.4 Å². The number of piperazine rings is 1. The molecule has 0 spiro atoms. The number of anilines is 3. The predicted molar refractivity (Wildman–Crippen MR) is 114 cm³/mol. The van der Waals surface area contributed by atoms with E-state index in [0.29, 0.717) is 18.9 Å². The first-order chi connectivity index (χ1) is 14.1. The van der Waals surface area contributed by atoms with Gasteiger partial charge in [-0.2, -0.15) is 0 Å². The van der Waals surface area contributed by atoms with Crippen molar-refractivity contribution in [2.75, 3.05) is 36.4 Å². The lowest BCUT2D eigenvalue weighted by Crippen LogP contribution is -2.49. The molecule has 0 radical (unpaired) electrons. The molecule has 0 unspecified atom stereocenters. The van der Waals surface area contributed by atoms with E-state index in [2.05, 4.69) is 25.4 Å². The predicted octanol–water partition coefficient (Wildman–Crippen LogP) is 3.19. The largest absolute Gasteiger partial charge is 0.352 e. The highest BCUT2D eigenvalue weighted by Crippen LogP contribution is 2.18. The van der Waals surface area contributed by atoms with Crippen LogP contribution in [-0.4, -0.2) is 52.2 Å². The molecule has 1 N–H and O–H groups in total. The molecule has 1 aliphatic heterocycles. The maximum absolute atomic E-state index is 12.7. The van der Waals surface area contributed by atoms with Gasteiger partial charge in [0, 0.05) is 37.9 Å². The maximum Gasteiger partial charge on any atom is 0.253 e. The summed E-state index contributed by atoms with van der Waals surface area (Å²) in [5.74, 6) is 2.29. The first kappa shape index (κ1) is 18.9. The zero-order valence-electron chi connectivity index (χ0n) is 16.7. The molecule has 1 aliphatic rings. The number of aromatic nitrogens is 3. The van der Waals surface area contributed by atoms with Crippen LogP contribution in [0.5, 0.6) is 0 Å². The average molecular weight is 388 g/mol. The topological polar surface area (TPSA) is 74.2 Å². The number of hydrogen-bond donors (Lipinski definition) is 1. The van der Waals surface area contributed by atoms with E-state index in [0.717, 1.165) is 41.4 Å². The van der Waals surface area contributed by atoms with Crippen molar-refractivity contribution in [1.29, 1.82) is 0 Å². The average Bonchev–Trinajstić information content (AvgIpc) is 2.75. The molecule has 1 fully saturated rings. The summed E-state index contributed by atoms with van der Waals surface area (Å²) in [5.41, 5.74) is 2.95. The lowest BCUT2D eigenvalue weighted by molar-refractivity contribution is 0.0746. The highest BCUT2D eigenvalue weighted by Gasteiger charge is 2.23. The first-order valence-corrected chi connectivity index (χ1v) is 9.73. The standard InChI is InChI=1S/C22H24N6O/c1-16-4-3-5-18(14-16)22(29)28-12-10-27(11-13-28)21-9-8-20(25-26-21)24-19-7-6-17(2)15-23-19/h3-9,14-15H,10-13H2,1-2H3,(H,23,24,25). The molecule has 0 aliphatic carbocycles. The van der Waals surface area contributed by atoms with Gasteiger partial charge >= 0.3 is 0 Å². The highest BCUT2D eigenvalue weighted by atomic mass is 16.2. The third-order valence-electron chi connectivity index (χ3n) is 4.97. The number of carbonyl (C=O) groups excluding carboxylic acids is 1. The van der Waals surface area contributed by atoms with Crippen molar-refractivity contribution in [2.45, 2.75) is 13.8 Å². The third-order valence-corrected chi connectivity index (χ3v) is 4.97. The van der Waals surface area contributed by atoms with Crippen molar-refractivity contribution in [1.82, 2.24) is 20.1 Å². The molecular weight excluding hydrogens is 364 g/mol. The number of nitrogens with zero attached hydrogens (tertiary/aromatic N) is 5. The third kappa shape index (κ3) is 4.51. The molecule has 148 valence electrons. The SMILES string of the molecule is Cc1ccc(Nc2ccc(N3CCN(C(=O)c4cccc(C)c4)CC3)nn2)nc1. The van der Waals surface area contributed by atoms with Crippen LogP contribution >= 0.6 is 0 Å². The molecule has 4 rings (SSSR count). The van der Waals surface area contributed by atoms with Crippen LogP contribution in [0, 0.1) is 13.8 Å². The van der Waals surface area contributed by atoms with Crippen LogP contribution < -0.4 is 10.2 Å². The van der Waals surface area contributed by atoms with Crippen LogP contribution in [-0.2, 0) is 0 Å². The zero-order valence-corrected chi connectivity index (χ0v) is 16.7. The number of amides is 1. The van der Waals surface area contributed by atoms with Gasteiger partial charge in [-0.15, -0.1) is 10.2 Å². The fraction of sp³-hybridized carbons (Fsp3) is 0.273. The van der Waals surface area contributed by atoms with E-state index in [1.807, 2.05) is 73.5 Å². The van der Waals surface area contributed by atoms with E-state index in [4.69, 9.17) is 0 Å². The number of aryl methyl sites for hydroxylation is 2. The van der Waals surface area contributed by atoms with Gasteiger partial charge in [-0.1, -0.05) is 23.8 Å². The quantitative estimate of drug-likeness (QED) is 0.740. The molecule has 2 aromatic heterocycles. The van der Waals surface area contributed by atoms with Crippen molar-refractivity contribution >= 4 is 23.4 Å². The normalized spacial score (nSPS) is 14.0. The number of carbonyl (C=O) groups is 1. The molecule has 7 heteroatoms. The van der Waals surface area contributed by atoms with Gasteiger partial charge in [0.25, 0.3) is 5.91 Å². The van der Waals surface area contributed by atoms with Gasteiger partial charge in [0.05, 0.1) is 0 Å². The molecule has 0 atom stereocenters. The van der Waals surface area contributed by atoms with Gasteiger partial charge in [0.1, 0.15) is 5.82 Å². The Hall–Kier alpha value is -3.48. The second-order valence-electron chi connectivity index (χ2n) is 7.27. The van der Waals surface area contributed by atoms with Crippen molar-refractivity contribution in [2.24, 2.45) is 0 Å². The number of benzene rings is 1. The van der Waals surface area contributed by atoms with Crippen molar-refractivity contribution in [3.63, 3.8) is 0 Å². The monoisotopic (exact) mass is 388 g/mol. The van der Waals surface area contributed by atoms with E-state index in [1.165, 1.54) is 0 Å². The summed E-state index contributed by atoms with van der Waals surface area (Å²) in [6.45, 7) is 6.81. The Labute approximate surface area is 170 Å². The molecule has 29 heavy (non-hydrogen) atoms. The minimum Gasteiger partial charge on any atom is -0.352 e. The van der Waals surface area contributed by atoms with Gasteiger partial charge in [0.15, 0.2) is 11.6 Å². The minimum absolute atomic E-state index is 0.0876. The molecule has 1 aromatic carbocycles. The maximum atomic E-state index is 12.7. The van der Waals surface area contributed by atoms with Gasteiger partial charge in [-0.25, -0.2) is 4.98 Å². The molecule has 1 amide bonds. The Morgan fingerprint density at radius 1 is 0.897 bits per heavy atom. The van der Waals surface area contributed by atoms with Crippen LogP contribution in [0.1, 0.15) is 21.5 Å². The summed E-state index contributed by atoms with van der Waals surface area (Å²) in [5, 5.41) is 11.7. The highest BCUT2D eigenvalue weighted by molar-refractivity contribution is 5.94. The van der Waals surface area contributed by atoms with Crippen molar-refractivity contribution < 1.29 is 4.79 Å². The summed E-state index contributed by atoms with van der Waals surface area (Å²) in [6, 6.07) is 15.5.